The van der Waals surface area contributed by atoms with Crippen molar-refractivity contribution in [2.24, 2.45) is 0 Å². The third-order valence-corrected chi connectivity index (χ3v) is 0. The van der Waals surface area contributed by atoms with Crippen molar-refractivity contribution < 1.29 is 58.4 Å². The Morgan fingerprint density at radius 3 is 0.625 bits per heavy atom. The molecular weight excluding hydrogens is 438 g/mol. The summed E-state index contributed by atoms with van der Waals surface area (Å²) < 4.78 is 0. The Hall–Kier alpha value is 4.04. The minimum Gasteiger partial charge on any atom is 1.00 e. The van der Waals surface area contributed by atoms with Gasteiger partial charge in [0.05, 0.1) is 0 Å². The fraction of sp³-hybridized carbons (Fsp3) is 0. The molecule has 0 nitrogen and oxygen atoms in total. The van der Waals surface area contributed by atoms with E-state index in [1.165, 1.54) is 0 Å². The molecule has 0 saturated heterocycles. The fourth-order valence-corrected chi connectivity index (χ4v) is 0. The molecule has 0 N–H and O–H groups in total. The second kappa shape index (κ2) is 3.07. The van der Waals surface area contributed by atoms with Crippen molar-refractivity contribution in [3.05, 3.63) is 0 Å². The zero-order chi connectivity index (χ0) is 6.41. The van der Waals surface area contributed by atoms with Gasteiger partial charge in [-0.3, -0.25) is 0 Å². The summed E-state index contributed by atoms with van der Waals surface area (Å²) in [6.07, 6.45) is 0. The van der Waals surface area contributed by atoms with E-state index in [9.17, 15) is 0 Å². The maximum absolute atomic E-state index is 5.43. The average molecular weight is 438 g/mol. The maximum atomic E-state index is 5.06. The molecule has 0 spiro atoms. The molecular formula is Cl6KRe. The van der Waals surface area contributed by atoms with Crippen LogP contribution in [0.4, 0.5) is 0 Å². The maximum Gasteiger partial charge on any atom is 1.00 e. The number of hydrogen-bond donors (Lipinski definition) is 0. The smallest absolute Gasteiger partial charge is 1.00 e. The van der Waals surface area contributed by atoms with Crippen LogP contribution in [0.2, 0.25) is 0 Å². The SMILES string of the molecule is [Cl][Re-]([Cl])([Cl])([Cl])([Cl])[Cl].[K+]. The second-order valence-electron chi connectivity index (χ2n) is 0.810. The molecule has 0 atom stereocenters. The van der Waals surface area contributed by atoms with Crippen LogP contribution in [-0.2, 0) is 6.97 Å². The largest absolute Gasteiger partial charge is 1.00 e. The Labute approximate surface area is 112 Å². The molecule has 0 aromatic carbocycles. The fourth-order valence-electron chi connectivity index (χ4n) is 0. The van der Waals surface area contributed by atoms with Gasteiger partial charge in [0.15, 0.2) is 0 Å². The summed E-state index contributed by atoms with van der Waals surface area (Å²) in [6, 6.07) is 0. The molecule has 50 valence electrons. The summed E-state index contributed by atoms with van der Waals surface area (Å²) in [5, 5.41) is 0. The van der Waals surface area contributed by atoms with Gasteiger partial charge >= 0.3 is 116 Å². The molecule has 0 aromatic heterocycles. The molecule has 0 radical (unpaired) electrons. The minimum atomic E-state index is -5.43. The summed E-state index contributed by atoms with van der Waals surface area (Å²) in [5.74, 6) is 0. The van der Waals surface area contributed by atoms with Gasteiger partial charge in [-0.05, 0) is 0 Å². The van der Waals surface area contributed by atoms with E-state index >= 15 is 0 Å². The van der Waals surface area contributed by atoms with Gasteiger partial charge in [0.1, 0.15) is 0 Å². The first-order chi connectivity index (χ1) is 2.45. The van der Waals surface area contributed by atoms with Gasteiger partial charge in [-0.25, -0.2) is 0 Å². The van der Waals surface area contributed by atoms with Crippen LogP contribution in [0.3, 0.4) is 0 Å². The molecule has 0 rings (SSSR count). The molecule has 0 aromatic rings. The molecule has 0 fully saturated rings. The zero-order valence-corrected chi connectivity index (χ0v) is 14.0. The molecule has 0 unspecified atom stereocenters. The number of rotatable bonds is 0. The first kappa shape index (κ1) is 14.6. The standard InChI is InChI=1S/6ClH.K.Re/h6*1H;;/q;;;;;;+1;+5/p-6. The topological polar surface area (TPSA) is 0 Å². The Bertz CT molecular complexity index is 67.1. The molecule has 0 amide bonds. The summed E-state index contributed by atoms with van der Waals surface area (Å²) in [5.41, 5.74) is 0. The van der Waals surface area contributed by atoms with Gasteiger partial charge in [0.2, 0.25) is 0 Å². The predicted octanol–water partition coefficient (Wildman–Crippen LogP) is 1.14. The van der Waals surface area contributed by atoms with Crippen LogP contribution in [0.15, 0.2) is 0 Å². The van der Waals surface area contributed by atoms with E-state index < -0.39 is 6.97 Å². The molecule has 0 aliphatic heterocycles. The quantitative estimate of drug-likeness (QED) is 0.498. The van der Waals surface area contributed by atoms with Crippen LogP contribution in [0.5, 0.6) is 0 Å². The van der Waals surface area contributed by atoms with E-state index in [0.717, 1.165) is 0 Å². The van der Waals surface area contributed by atoms with Crippen LogP contribution in [0.1, 0.15) is 0 Å². The van der Waals surface area contributed by atoms with Crippen molar-refractivity contribution >= 4 is 57.2 Å². The van der Waals surface area contributed by atoms with E-state index in [4.69, 9.17) is 57.2 Å². The first-order valence-corrected chi connectivity index (χ1v) is 21.0. The number of halogens is 6. The van der Waals surface area contributed by atoms with E-state index in [-0.39, 0.29) is 51.4 Å². The summed E-state index contributed by atoms with van der Waals surface area (Å²) in [6.45, 7) is -5.43. The van der Waals surface area contributed by atoms with Crippen molar-refractivity contribution in [3.8, 4) is 0 Å². The van der Waals surface area contributed by atoms with Gasteiger partial charge in [-0.1, -0.05) is 0 Å². The summed E-state index contributed by atoms with van der Waals surface area (Å²) in [7, 11) is 30.4. The molecule has 0 aliphatic rings. The average Bonchev–Trinajstić information content (AvgIpc) is 0.592. The van der Waals surface area contributed by atoms with Crippen LogP contribution >= 0.6 is 57.2 Å². The molecule has 0 saturated carbocycles. The molecule has 8 heavy (non-hydrogen) atoms. The van der Waals surface area contributed by atoms with Crippen LogP contribution in [0, 0.1) is 0 Å². The van der Waals surface area contributed by atoms with Gasteiger partial charge < -0.3 is 0 Å². The van der Waals surface area contributed by atoms with E-state index in [2.05, 4.69) is 0 Å². The predicted molar refractivity (Wildman–Crippen MR) is 35.1 cm³/mol. The Morgan fingerprint density at radius 1 is 0.625 bits per heavy atom. The Balaban J connectivity index is 0. The molecule has 8 heteroatoms. The van der Waals surface area contributed by atoms with Crippen LogP contribution in [0.25, 0.3) is 0 Å². The third-order valence-electron chi connectivity index (χ3n) is 0. The zero-order valence-electron chi connectivity index (χ0n) is 3.65. The molecule has 0 bridgehead atoms. The van der Waals surface area contributed by atoms with E-state index in [1.54, 1.807) is 0 Å². The van der Waals surface area contributed by atoms with Gasteiger partial charge in [0.25, 0.3) is 0 Å². The molecule has 0 aliphatic carbocycles. The van der Waals surface area contributed by atoms with Crippen molar-refractivity contribution in [1.82, 2.24) is 0 Å². The second-order valence-corrected chi connectivity index (χ2v) is 59.7. The normalized spacial score (nSPS) is 20.2. The van der Waals surface area contributed by atoms with Gasteiger partial charge in [-0.15, -0.1) is 0 Å². The minimum absolute atomic E-state index is 0. The molecule has 0 heterocycles. The third kappa shape index (κ3) is 50.3. The van der Waals surface area contributed by atoms with Crippen molar-refractivity contribution in [2.45, 2.75) is 0 Å². The van der Waals surface area contributed by atoms with Crippen molar-refractivity contribution in [1.29, 1.82) is 0 Å². The number of hydrogen-bond acceptors (Lipinski definition) is 0. The monoisotopic (exact) mass is 436 g/mol. The van der Waals surface area contributed by atoms with Gasteiger partial charge in [-0.2, -0.15) is 0 Å². The van der Waals surface area contributed by atoms with Gasteiger partial charge in [0, 0.05) is 0 Å². The van der Waals surface area contributed by atoms with Crippen molar-refractivity contribution in [3.63, 3.8) is 0 Å². The van der Waals surface area contributed by atoms with Crippen LogP contribution in [-0.4, -0.2) is 0 Å². The summed E-state index contributed by atoms with van der Waals surface area (Å²) >= 11 is 0. The summed E-state index contributed by atoms with van der Waals surface area (Å²) in [4.78, 5) is 0. The van der Waals surface area contributed by atoms with Crippen molar-refractivity contribution in [2.75, 3.05) is 0 Å². The van der Waals surface area contributed by atoms with E-state index in [1.807, 2.05) is 0 Å². The van der Waals surface area contributed by atoms with E-state index in [0.29, 0.717) is 0 Å². The Kier molecular flexibility index (Phi) is 5.58. The first-order valence-electron chi connectivity index (χ1n) is 0.857. The Morgan fingerprint density at radius 2 is 0.625 bits per heavy atom. The van der Waals surface area contributed by atoms with Crippen LogP contribution < -0.4 is 51.4 Å².